The van der Waals surface area contributed by atoms with Gasteiger partial charge in [-0.05, 0) is 24.5 Å². The Morgan fingerprint density at radius 2 is 1.90 bits per heavy atom. The highest BCUT2D eigenvalue weighted by Crippen LogP contribution is 2.34. The number of carbonyl (C=O) groups excluding carboxylic acids is 1. The van der Waals surface area contributed by atoms with Crippen LogP contribution >= 0.6 is 23.1 Å². The number of fused-ring (bicyclic) bond motifs is 1. The van der Waals surface area contributed by atoms with Gasteiger partial charge in [-0.15, -0.1) is 21.5 Å². The molecular formula is C23H24N4OS2. The number of benzene rings is 2. The second-order valence-corrected chi connectivity index (χ2v) is 8.83. The van der Waals surface area contributed by atoms with Crippen LogP contribution in [-0.4, -0.2) is 33.0 Å². The molecule has 30 heavy (non-hydrogen) atoms. The molecule has 1 N–H and O–H groups in total. The van der Waals surface area contributed by atoms with Crippen LogP contribution in [0.1, 0.15) is 18.9 Å². The summed E-state index contributed by atoms with van der Waals surface area (Å²) in [7, 11) is 0. The molecule has 154 valence electrons. The SMILES string of the molecule is CCCn1c(SCC(=O)NCCc2ccccc2)nnc1-c1csc2ccccc12. The van der Waals surface area contributed by atoms with Crippen LogP contribution < -0.4 is 5.32 Å². The van der Waals surface area contributed by atoms with Crippen LogP contribution in [0, 0.1) is 0 Å². The smallest absolute Gasteiger partial charge is 0.230 e. The molecule has 0 aliphatic rings. The van der Waals surface area contributed by atoms with Gasteiger partial charge < -0.3 is 9.88 Å². The van der Waals surface area contributed by atoms with Gasteiger partial charge in [0.1, 0.15) is 0 Å². The Morgan fingerprint density at radius 1 is 1.10 bits per heavy atom. The number of rotatable bonds is 9. The maximum atomic E-state index is 12.3. The number of thioether (sulfide) groups is 1. The number of thiophene rings is 1. The minimum Gasteiger partial charge on any atom is -0.355 e. The molecule has 0 aliphatic heterocycles. The molecule has 0 unspecified atom stereocenters. The average molecular weight is 437 g/mol. The zero-order valence-electron chi connectivity index (χ0n) is 16.9. The van der Waals surface area contributed by atoms with Gasteiger partial charge in [-0.1, -0.05) is 67.2 Å². The first-order valence-corrected chi connectivity index (χ1v) is 12.0. The second kappa shape index (κ2) is 9.91. The normalized spacial score (nSPS) is 11.1. The molecule has 2 aromatic carbocycles. The van der Waals surface area contributed by atoms with E-state index in [9.17, 15) is 4.79 Å². The predicted molar refractivity (Wildman–Crippen MR) is 125 cm³/mol. The van der Waals surface area contributed by atoms with Crippen molar-refractivity contribution in [2.24, 2.45) is 0 Å². The van der Waals surface area contributed by atoms with Gasteiger partial charge in [0.2, 0.25) is 5.91 Å². The van der Waals surface area contributed by atoms with Crippen LogP contribution in [0.3, 0.4) is 0 Å². The van der Waals surface area contributed by atoms with Gasteiger partial charge in [0.25, 0.3) is 0 Å². The molecule has 0 radical (unpaired) electrons. The summed E-state index contributed by atoms with van der Waals surface area (Å²) in [5.74, 6) is 1.23. The maximum Gasteiger partial charge on any atom is 0.230 e. The van der Waals surface area contributed by atoms with Gasteiger partial charge in [0.15, 0.2) is 11.0 Å². The molecule has 2 heterocycles. The lowest BCUT2D eigenvalue weighted by Gasteiger charge is -2.09. The molecule has 0 atom stereocenters. The van der Waals surface area contributed by atoms with Crippen LogP contribution in [0.2, 0.25) is 0 Å². The van der Waals surface area contributed by atoms with Crippen molar-refractivity contribution in [3.63, 3.8) is 0 Å². The maximum absolute atomic E-state index is 12.3. The van der Waals surface area contributed by atoms with Crippen LogP contribution in [0.5, 0.6) is 0 Å². The molecule has 0 aliphatic carbocycles. The van der Waals surface area contributed by atoms with Gasteiger partial charge in [-0.3, -0.25) is 4.79 Å². The minimum atomic E-state index is 0.0181. The molecule has 5 nitrogen and oxygen atoms in total. The first kappa shape index (κ1) is 20.6. The van der Waals surface area contributed by atoms with E-state index in [1.165, 1.54) is 27.4 Å². The summed E-state index contributed by atoms with van der Waals surface area (Å²) in [6.07, 6.45) is 1.81. The molecule has 0 spiro atoms. The zero-order chi connectivity index (χ0) is 20.8. The number of amides is 1. The van der Waals surface area contributed by atoms with Crippen molar-refractivity contribution in [3.8, 4) is 11.4 Å². The van der Waals surface area contributed by atoms with E-state index < -0.39 is 0 Å². The monoisotopic (exact) mass is 436 g/mol. The number of nitrogens with one attached hydrogen (secondary N) is 1. The average Bonchev–Trinajstić information content (AvgIpc) is 3.37. The van der Waals surface area contributed by atoms with Gasteiger partial charge >= 0.3 is 0 Å². The van der Waals surface area contributed by atoms with Gasteiger partial charge in [-0.25, -0.2) is 0 Å². The van der Waals surface area contributed by atoms with Crippen molar-refractivity contribution in [1.82, 2.24) is 20.1 Å². The van der Waals surface area contributed by atoms with Crippen LogP contribution in [0.4, 0.5) is 0 Å². The largest absolute Gasteiger partial charge is 0.355 e. The Hall–Kier alpha value is -2.64. The Kier molecular flexibility index (Phi) is 6.81. The summed E-state index contributed by atoms with van der Waals surface area (Å²) in [4.78, 5) is 12.3. The van der Waals surface area contributed by atoms with E-state index in [-0.39, 0.29) is 5.91 Å². The Labute approximate surface area is 184 Å². The fraction of sp³-hybridized carbons (Fsp3) is 0.261. The van der Waals surface area contributed by atoms with Gasteiger partial charge in [0.05, 0.1) is 5.75 Å². The van der Waals surface area contributed by atoms with Gasteiger partial charge in [0, 0.05) is 34.1 Å². The highest BCUT2D eigenvalue weighted by molar-refractivity contribution is 7.99. The molecular weight excluding hydrogens is 412 g/mol. The van der Waals surface area contributed by atoms with Crippen molar-refractivity contribution >= 4 is 39.1 Å². The predicted octanol–water partition coefficient (Wildman–Crippen LogP) is 5.02. The lowest BCUT2D eigenvalue weighted by Crippen LogP contribution is -2.27. The Bertz CT molecular complexity index is 1120. The van der Waals surface area contributed by atoms with Crippen molar-refractivity contribution in [1.29, 1.82) is 0 Å². The fourth-order valence-electron chi connectivity index (χ4n) is 3.34. The molecule has 0 bridgehead atoms. The number of hydrogen-bond donors (Lipinski definition) is 1. The van der Waals surface area contributed by atoms with Crippen LogP contribution in [-0.2, 0) is 17.8 Å². The second-order valence-electron chi connectivity index (χ2n) is 6.98. The number of nitrogens with zero attached hydrogens (tertiary/aromatic N) is 3. The molecule has 2 aromatic heterocycles. The van der Waals surface area contributed by atoms with Crippen molar-refractivity contribution < 1.29 is 4.79 Å². The van der Waals surface area contributed by atoms with Crippen LogP contribution in [0.25, 0.3) is 21.5 Å². The standard InChI is InChI=1S/C23H24N4OS2/c1-2-14-27-22(19-15-29-20-11-7-6-10-18(19)20)25-26-23(27)30-16-21(28)24-13-12-17-8-4-3-5-9-17/h3-11,15H,2,12-14,16H2,1H3,(H,24,28). The number of hydrogen-bond acceptors (Lipinski definition) is 5. The third-order valence-corrected chi connectivity index (χ3v) is 6.73. The van der Waals surface area contributed by atoms with Crippen molar-refractivity contribution in [3.05, 3.63) is 65.5 Å². The molecule has 0 fully saturated rings. The first-order chi connectivity index (χ1) is 14.8. The summed E-state index contributed by atoms with van der Waals surface area (Å²) < 4.78 is 3.38. The Morgan fingerprint density at radius 3 is 2.73 bits per heavy atom. The Balaban J connectivity index is 1.41. The van der Waals surface area contributed by atoms with Gasteiger partial charge in [-0.2, -0.15) is 0 Å². The van der Waals surface area contributed by atoms with Crippen LogP contribution in [0.15, 0.2) is 65.1 Å². The van der Waals surface area contributed by atoms with E-state index in [0.29, 0.717) is 12.3 Å². The third-order valence-electron chi connectivity index (χ3n) is 4.80. The lowest BCUT2D eigenvalue weighted by molar-refractivity contribution is -0.118. The van der Waals surface area contributed by atoms with E-state index in [4.69, 9.17) is 0 Å². The first-order valence-electron chi connectivity index (χ1n) is 10.1. The molecule has 1 amide bonds. The van der Waals surface area contributed by atoms with E-state index >= 15 is 0 Å². The third kappa shape index (κ3) is 4.74. The summed E-state index contributed by atoms with van der Waals surface area (Å²) in [5, 5.41) is 16.0. The fourth-order valence-corrected chi connectivity index (χ4v) is 5.08. The number of carbonyl (C=O) groups is 1. The molecule has 7 heteroatoms. The molecule has 4 rings (SSSR count). The molecule has 0 saturated heterocycles. The summed E-state index contributed by atoms with van der Waals surface area (Å²) in [5.41, 5.74) is 2.33. The van der Waals surface area contributed by atoms with E-state index in [2.05, 4.69) is 68.8 Å². The van der Waals surface area contributed by atoms with Crippen molar-refractivity contribution in [2.45, 2.75) is 31.5 Å². The summed E-state index contributed by atoms with van der Waals surface area (Å²) >= 11 is 3.16. The summed E-state index contributed by atoms with van der Waals surface area (Å²) in [6.45, 7) is 3.60. The minimum absolute atomic E-state index is 0.0181. The highest BCUT2D eigenvalue weighted by atomic mass is 32.2. The lowest BCUT2D eigenvalue weighted by atomic mass is 10.1. The van der Waals surface area contributed by atoms with E-state index in [1.807, 2.05) is 18.2 Å². The summed E-state index contributed by atoms with van der Waals surface area (Å²) in [6, 6.07) is 18.5. The highest BCUT2D eigenvalue weighted by Gasteiger charge is 2.17. The number of aromatic nitrogens is 3. The zero-order valence-corrected chi connectivity index (χ0v) is 18.5. The molecule has 0 saturated carbocycles. The van der Waals surface area contributed by atoms with E-state index in [0.717, 1.165) is 35.9 Å². The van der Waals surface area contributed by atoms with Crippen molar-refractivity contribution in [2.75, 3.05) is 12.3 Å². The quantitative estimate of drug-likeness (QED) is 0.374. The van der Waals surface area contributed by atoms with E-state index in [1.54, 1.807) is 11.3 Å². The molecule has 4 aromatic rings. The topological polar surface area (TPSA) is 59.8 Å².